The third-order valence-corrected chi connectivity index (χ3v) is 13.9. The average molecular weight is 614 g/mol. The van der Waals surface area contributed by atoms with Crippen LogP contribution in [0.15, 0.2) is 35.9 Å². The summed E-state index contributed by atoms with van der Waals surface area (Å²) < 4.78 is 5.29. The Hall–Kier alpha value is -1.39. The summed E-state index contributed by atoms with van der Waals surface area (Å²) in [7, 11) is 1.68. The van der Waals surface area contributed by atoms with Crippen LogP contribution in [0.4, 0.5) is 0 Å². The number of rotatable bonds is 11. The molecule has 2 bridgehead atoms. The lowest BCUT2D eigenvalue weighted by atomic mass is 9.32. The summed E-state index contributed by atoms with van der Waals surface area (Å²) in [6, 6.07) is 3.99. The molecule has 3 saturated carbocycles. The van der Waals surface area contributed by atoms with Crippen molar-refractivity contribution in [1.29, 1.82) is 0 Å². The topological polar surface area (TPSA) is 110 Å². The van der Waals surface area contributed by atoms with Gasteiger partial charge in [-0.1, -0.05) is 32.1 Å². The molecule has 8 heteroatoms. The Morgan fingerprint density at radius 2 is 1.84 bits per heavy atom. The number of ether oxygens (including phenoxy) is 1. The zero-order chi connectivity index (χ0) is 30.8. The van der Waals surface area contributed by atoms with E-state index in [0.29, 0.717) is 39.1 Å². The van der Waals surface area contributed by atoms with E-state index < -0.39 is 22.5 Å². The van der Waals surface area contributed by atoms with Crippen molar-refractivity contribution >= 4 is 17.1 Å². The summed E-state index contributed by atoms with van der Waals surface area (Å²) in [4.78, 5) is 18.5. The molecule has 0 radical (unpaired) electrons. The number of nitrogens with zero attached hydrogens (tertiary/aromatic N) is 1. The van der Waals surface area contributed by atoms with Crippen LogP contribution >= 0.6 is 11.3 Å². The fraction of sp³-hybridized carbons (Fsp3) is 0.743. The van der Waals surface area contributed by atoms with Gasteiger partial charge in [-0.2, -0.15) is 0 Å². The van der Waals surface area contributed by atoms with Gasteiger partial charge in [-0.15, -0.1) is 11.3 Å². The number of hydrogen-bond donors (Lipinski definition) is 4. The molecule has 6 aliphatic rings. The van der Waals surface area contributed by atoms with Crippen LogP contribution < -0.4 is 0 Å². The highest BCUT2D eigenvalue weighted by Crippen LogP contribution is 2.78. The molecule has 6 aliphatic carbocycles. The second kappa shape index (κ2) is 11.1. The van der Waals surface area contributed by atoms with Crippen molar-refractivity contribution < 1.29 is 30.0 Å². The lowest BCUT2D eigenvalue weighted by molar-refractivity contribution is -0.177. The first-order valence-electron chi connectivity index (χ1n) is 16.3. The molecule has 1 aromatic rings. The molecule has 4 N–H and O–H groups in total. The number of carbonyl (C=O) groups is 1. The van der Waals surface area contributed by atoms with Crippen LogP contribution in [-0.4, -0.2) is 88.9 Å². The minimum absolute atomic E-state index is 0.0599. The summed E-state index contributed by atoms with van der Waals surface area (Å²) >= 11 is 1.56. The number of methoxy groups -OCH3 is 1. The van der Waals surface area contributed by atoms with Gasteiger partial charge in [0.25, 0.3) is 0 Å². The Morgan fingerprint density at radius 3 is 2.53 bits per heavy atom. The highest BCUT2D eigenvalue weighted by atomic mass is 32.1. The first-order valence-corrected chi connectivity index (χ1v) is 17.2. The normalized spacial score (nSPS) is 42.0. The number of aryl methyl sites for hydroxylation is 1. The standard InChI is InChI=1S/C35H51NO6S/c1-23-6-7-27(43-23)30(40)26-19-33-14-15-35(26)28(31(33,2)11-8-24(38)18-33)9-12-32(3)29(35)10-13-34(32,41)22-36(16-5-17-42-4)20-25(39)21-37/h6-7,14-15,19,24-25,28-29,37-39,41H,5,8-13,16-18,20-22H2,1-4H3/t24?,25-,28+,29+,31+,32-,33-,34+,35+/m0/s1. The van der Waals surface area contributed by atoms with E-state index in [1.54, 1.807) is 18.4 Å². The molecule has 0 aromatic carbocycles. The van der Waals surface area contributed by atoms with Crippen LogP contribution in [-0.2, 0) is 4.74 Å². The van der Waals surface area contributed by atoms with Gasteiger partial charge in [-0.25, -0.2) is 0 Å². The van der Waals surface area contributed by atoms with Crippen molar-refractivity contribution in [2.75, 3.05) is 40.0 Å². The molecule has 7 rings (SSSR count). The summed E-state index contributed by atoms with van der Waals surface area (Å²) in [5.41, 5.74) is -1.43. The Labute approximate surface area is 260 Å². The van der Waals surface area contributed by atoms with Gasteiger partial charge in [0.1, 0.15) is 0 Å². The molecular formula is C35H51NO6S. The lowest BCUT2D eigenvalue weighted by Crippen LogP contribution is -2.67. The maximum Gasteiger partial charge on any atom is 0.199 e. The smallest absolute Gasteiger partial charge is 0.199 e. The second-order valence-electron chi connectivity index (χ2n) is 15.0. The second-order valence-corrected chi connectivity index (χ2v) is 16.3. The predicted molar refractivity (Wildman–Crippen MR) is 168 cm³/mol. The van der Waals surface area contributed by atoms with Gasteiger partial charge in [0.15, 0.2) is 5.78 Å². The zero-order valence-corrected chi connectivity index (χ0v) is 27.2. The molecule has 2 spiro atoms. The van der Waals surface area contributed by atoms with E-state index in [0.717, 1.165) is 53.9 Å². The number of fused-ring (bicyclic) bond motifs is 1. The van der Waals surface area contributed by atoms with E-state index in [4.69, 9.17) is 4.74 Å². The number of carbonyl (C=O) groups excluding carboxylic acids is 1. The number of Topliss-reactive ketones (excluding diaryl/α,β-unsaturated/α-hetero) is 1. The summed E-state index contributed by atoms with van der Waals surface area (Å²) in [5.74, 6) is 0.458. The number of allylic oxidation sites excluding steroid dienone is 4. The lowest BCUT2D eigenvalue weighted by Gasteiger charge is -2.71. The van der Waals surface area contributed by atoms with Crippen LogP contribution in [0.1, 0.15) is 79.8 Å². The fourth-order valence-electron chi connectivity index (χ4n) is 10.7. The first-order chi connectivity index (χ1) is 20.4. The van der Waals surface area contributed by atoms with Crippen molar-refractivity contribution in [2.45, 2.75) is 89.9 Å². The van der Waals surface area contributed by atoms with E-state index >= 15 is 0 Å². The van der Waals surface area contributed by atoms with Gasteiger partial charge in [-0.3, -0.25) is 9.69 Å². The molecule has 238 valence electrons. The molecule has 1 unspecified atom stereocenters. The molecule has 1 heterocycles. The van der Waals surface area contributed by atoms with E-state index in [1.807, 2.05) is 19.1 Å². The van der Waals surface area contributed by atoms with E-state index in [2.05, 4.69) is 37.0 Å². The number of ketones is 1. The van der Waals surface area contributed by atoms with Crippen molar-refractivity contribution in [1.82, 2.24) is 4.90 Å². The maximum atomic E-state index is 14.6. The third kappa shape index (κ3) is 4.61. The molecule has 0 aliphatic heterocycles. The Balaban J connectivity index is 1.42. The van der Waals surface area contributed by atoms with Gasteiger partial charge < -0.3 is 25.2 Å². The summed E-state index contributed by atoms with van der Waals surface area (Å²) in [6.45, 7) is 8.34. The molecule has 7 nitrogen and oxygen atoms in total. The van der Waals surface area contributed by atoms with E-state index in [1.165, 1.54) is 0 Å². The summed E-state index contributed by atoms with van der Waals surface area (Å²) in [5, 5.41) is 43.5. The van der Waals surface area contributed by atoms with Crippen LogP contribution in [0.2, 0.25) is 0 Å². The van der Waals surface area contributed by atoms with Gasteiger partial charge >= 0.3 is 0 Å². The number of aliphatic hydroxyl groups is 4. The minimum atomic E-state index is -1.00. The van der Waals surface area contributed by atoms with Gasteiger partial charge in [0, 0.05) is 60.0 Å². The number of hydrogen-bond acceptors (Lipinski definition) is 8. The minimum Gasteiger partial charge on any atom is -0.394 e. The Kier molecular flexibility index (Phi) is 8.19. The van der Waals surface area contributed by atoms with Gasteiger partial charge in [0.05, 0.1) is 29.3 Å². The van der Waals surface area contributed by atoms with Crippen LogP contribution in [0.5, 0.6) is 0 Å². The molecule has 0 amide bonds. The highest BCUT2D eigenvalue weighted by molar-refractivity contribution is 7.14. The monoisotopic (exact) mass is 613 g/mol. The van der Waals surface area contributed by atoms with Crippen LogP contribution in [0.3, 0.4) is 0 Å². The van der Waals surface area contributed by atoms with Gasteiger partial charge in [-0.05, 0) is 87.7 Å². The fourth-order valence-corrected chi connectivity index (χ4v) is 11.5. The van der Waals surface area contributed by atoms with E-state index in [9.17, 15) is 25.2 Å². The molecular weight excluding hydrogens is 562 g/mol. The van der Waals surface area contributed by atoms with Gasteiger partial charge in [0.2, 0.25) is 0 Å². The van der Waals surface area contributed by atoms with Crippen molar-refractivity contribution in [3.63, 3.8) is 0 Å². The van der Waals surface area contributed by atoms with E-state index in [-0.39, 0.29) is 41.2 Å². The van der Waals surface area contributed by atoms with Crippen molar-refractivity contribution in [3.05, 3.63) is 45.7 Å². The summed E-state index contributed by atoms with van der Waals surface area (Å²) in [6.07, 6.45) is 12.1. The average Bonchev–Trinajstić information content (AvgIpc) is 3.52. The maximum absolute atomic E-state index is 14.6. The van der Waals surface area contributed by atoms with Crippen molar-refractivity contribution in [3.8, 4) is 0 Å². The Morgan fingerprint density at radius 1 is 1.12 bits per heavy atom. The predicted octanol–water partition coefficient (Wildman–Crippen LogP) is 4.52. The van der Waals surface area contributed by atoms with Crippen LogP contribution in [0, 0.1) is 40.4 Å². The molecule has 0 saturated heterocycles. The van der Waals surface area contributed by atoms with Crippen LogP contribution in [0.25, 0.3) is 0 Å². The quantitative estimate of drug-likeness (QED) is 0.165. The van der Waals surface area contributed by atoms with Crippen molar-refractivity contribution in [2.24, 2.45) is 33.5 Å². The molecule has 1 aromatic heterocycles. The highest BCUT2D eigenvalue weighted by Gasteiger charge is 2.74. The molecule has 43 heavy (non-hydrogen) atoms. The SMILES string of the molecule is COCCCN(C[C@H](O)CO)C[C@]1(O)CC[C@H]2[C@]34C=C[C@@]5(C=C3C(=O)c3ccc(C)s3)CC(O)CC[C@]5(C)[C@H]4CC[C@@]21C. The third-order valence-electron chi connectivity index (χ3n) is 12.9. The Bertz CT molecular complexity index is 1290. The first kappa shape index (κ1) is 31.6. The molecule has 3 fully saturated rings. The number of aliphatic hydroxyl groups excluding tert-OH is 3. The number of thiophene rings is 1. The largest absolute Gasteiger partial charge is 0.394 e. The zero-order valence-electron chi connectivity index (χ0n) is 26.3. The molecule has 9 atom stereocenters.